The highest BCUT2D eigenvalue weighted by molar-refractivity contribution is 9.09. The molecule has 0 saturated heterocycles. The SMILES string of the molecule is N#Cc1cc2c(s1)CN(C(=O)/C=C/C(N)Br)CC2. The van der Waals surface area contributed by atoms with Crippen LogP contribution >= 0.6 is 27.3 Å². The summed E-state index contributed by atoms with van der Waals surface area (Å²) in [6.07, 6.45) is 3.92. The highest BCUT2D eigenvalue weighted by Gasteiger charge is 2.21. The molecule has 0 spiro atoms. The van der Waals surface area contributed by atoms with Gasteiger partial charge in [0.1, 0.15) is 10.9 Å². The number of nitriles is 1. The second-order valence-electron chi connectivity index (χ2n) is 3.98. The molecule has 94 valence electrons. The third kappa shape index (κ3) is 2.99. The Labute approximate surface area is 118 Å². The van der Waals surface area contributed by atoms with E-state index in [2.05, 4.69) is 22.0 Å². The van der Waals surface area contributed by atoms with Crippen LogP contribution in [0.2, 0.25) is 0 Å². The smallest absolute Gasteiger partial charge is 0.246 e. The lowest BCUT2D eigenvalue weighted by atomic mass is 10.1. The maximum Gasteiger partial charge on any atom is 0.246 e. The number of carbonyl (C=O) groups is 1. The molecule has 2 rings (SSSR count). The van der Waals surface area contributed by atoms with Gasteiger partial charge in [0.15, 0.2) is 0 Å². The molecule has 0 saturated carbocycles. The number of halogens is 1. The molecule has 18 heavy (non-hydrogen) atoms. The molecule has 0 bridgehead atoms. The quantitative estimate of drug-likeness (QED) is 0.511. The molecule has 2 heterocycles. The van der Waals surface area contributed by atoms with Gasteiger partial charge in [0.25, 0.3) is 0 Å². The second-order valence-corrected chi connectivity index (χ2v) is 6.18. The topological polar surface area (TPSA) is 70.1 Å². The summed E-state index contributed by atoms with van der Waals surface area (Å²) in [5.74, 6) is -0.0394. The van der Waals surface area contributed by atoms with E-state index in [9.17, 15) is 4.79 Å². The molecule has 1 unspecified atom stereocenters. The minimum absolute atomic E-state index is 0.0394. The van der Waals surface area contributed by atoms with Crippen molar-refractivity contribution in [2.45, 2.75) is 17.9 Å². The maximum atomic E-state index is 11.9. The van der Waals surface area contributed by atoms with Crippen LogP contribution in [0.3, 0.4) is 0 Å². The van der Waals surface area contributed by atoms with Gasteiger partial charge in [-0.1, -0.05) is 22.0 Å². The van der Waals surface area contributed by atoms with E-state index in [0.717, 1.165) is 11.3 Å². The van der Waals surface area contributed by atoms with Gasteiger partial charge in [-0.2, -0.15) is 5.26 Å². The maximum absolute atomic E-state index is 11.9. The van der Waals surface area contributed by atoms with Gasteiger partial charge < -0.3 is 10.6 Å². The van der Waals surface area contributed by atoms with Gasteiger partial charge in [0.2, 0.25) is 5.91 Å². The van der Waals surface area contributed by atoms with Crippen LogP contribution < -0.4 is 5.73 Å². The van der Waals surface area contributed by atoms with Crippen molar-refractivity contribution in [2.75, 3.05) is 6.54 Å². The van der Waals surface area contributed by atoms with Crippen molar-refractivity contribution in [3.63, 3.8) is 0 Å². The molecule has 1 aromatic rings. The monoisotopic (exact) mass is 325 g/mol. The number of thiophene rings is 1. The molecule has 0 aromatic carbocycles. The predicted molar refractivity (Wildman–Crippen MR) is 74.2 cm³/mol. The molecular weight excluding hydrogens is 314 g/mol. The van der Waals surface area contributed by atoms with E-state index in [0.29, 0.717) is 18.0 Å². The van der Waals surface area contributed by atoms with Crippen molar-refractivity contribution in [2.24, 2.45) is 5.73 Å². The number of rotatable bonds is 2. The lowest BCUT2D eigenvalue weighted by Crippen LogP contribution is -2.34. The molecule has 2 N–H and O–H groups in total. The van der Waals surface area contributed by atoms with E-state index in [1.165, 1.54) is 23.0 Å². The number of amides is 1. The zero-order chi connectivity index (χ0) is 13.1. The Morgan fingerprint density at radius 2 is 2.50 bits per heavy atom. The summed E-state index contributed by atoms with van der Waals surface area (Å²) in [6.45, 7) is 1.28. The molecule has 0 aliphatic carbocycles. The van der Waals surface area contributed by atoms with Crippen molar-refractivity contribution in [3.05, 3.63) is 33.5 Å². The van der Waals surface area contributed by atoms with E-state index >= 15 is 0 Å². The van der Waals surface area contributed by atoms with Crippen molar-refractivity contribution in [1.29, 1.82) is 5.26 Å². The van der Waals surface area contributed by atoms with Crippen LogP contribution in [0.5, 0.6) is 0 Å². The largest absolute Gasteiger partial charge is 0.334 e. The molecule has 1 aliphatic rings. The highest BCUT2D eigenvalue weighted by atomic mass is 79.9. The Bertz CT molecular complexity index is 530. The van der Waals surface area contributed by atoms with Gasteiger partial charge in [-0.15, -0.1) is 11.3 Å². The lowest BCUT2D eigenvalue weighted by molar-refractivity contribution is -0.126. The Balaban J connectivity index is 2.08. The Morgan fingerprint density at radius 1 is 1.72 bits per heavy atom. The number of nitrogens with two attached hydrogens (primary N) is 1. The van der Waals surface area contributed by atoms with Crippen LogP contribution in [-0.2, 0) is 17.8 Å². The van der Waals surface area contributed by atoms with Crippen LogP contribution in [0.15, 0.2) is 18.2 Å². The molecule has 6 heteroatoms. The number of alkyl halides is 1. The lowest BCUT2D eigenvalue weighted by Gasteiger charge is -2.25. The zero-order valence-corrected chi connectivity index (χ0v) is 12.0. The van der Waals surface area contributed by atoms with Crippen LogP contribution in [0.25, 0.3) is 0 Å². The summed E-state index contributed by atoms with van der Waals surface area (Å²) in [6, 6.07) is 4.07. The number of nitrogens with zero attached hydrogens (tertiary/aromatic N) is 2. The molecule has 0 fully saturated rings. The Kier molecular flexibility index (Phi) is 4.17. The van der Waals surface area contributed by atoms with Gasteiger partial charge in [0.05, 0.1) is 11.5 Å². The van der Waals surface area contributed by atoms with Crippen molar-refractivity contribution < 1.29 is 4.79 Å². The standard InChI is InChI=1S/C12H12BrN3OS/c13-11(15)1-2-12(17)16-4-3-8-5-9(6-14)18-10(8)7-16/h1-2,5,11H,3-4,7,15H2/b2-1+. The summed E-state index contributed by atoms with van der Waals surface area (Å²) in [5.41, 5.74) is 6.69. The normalized spacial score (nSPS) is 16.4. The van der Waals surface area contributed by atoms with Crippen LogP contribution in [0.1, 0.15) is 15.3 Å². The fourth-order valence-corrected chi connectivity index (χ4v) is 3.02. The number of hydrogen-bond donors (Lipinski definition) is 1. The minimum Gasteiger partial charge on any atom is -0.334 e. The minimum atomic E-state index is -0.297. The first-order chi connectivity index (χ1) is 8.60. The van der Waals surface area contributed by atoms with Crippen LogP contribution in [0.4, 0.5) is 0 Å². The highest BCUT2D eigenvalue weighted by Crippen LogP contribution is 2.27. The van der Waals surface area contributed by atoms with Gasteiger partial charge in [-0.05, 0) is 18.1 Å². The van der Waals surface area contributed by atoms with Gasteiger partial charge >= 0.3 is 0 Å². The van der Waals surface area contributed by atoms with Crippen LogP contribution in [0, 0.1) is 11.3 Å². The van der Waals surface area contributed by atoms with Crippen LogP contribution in [-0.4, -0.2) is 22.3 Å². The summed E-state index contributed by atoms with van der Waals surface area (Å²) >= 11 is 4.62. The number of carbonyl (C=O) groups excluding carboxylic acids is 1. The molecule has 1 atom stereocenters. The molecule has 0 radical (unpaired) electrons. The van der Waals surface area contributed by atoms with E-state index < -0.39 is 0 Å². The fourth-order valence-electron chi connectivity index (χ4n) is 1.84. The molecule has 4 nitrogen and oxygen atoms in total. The zero-order valence-electron chi connectivity index (χ0n) is 9.60. The third-order valence-corrected chi connectivity index (χ3v) is 4.10. The van der Waals surface area contributed by atoms with Crippen molar-refractivity contribution in [1.82, 2.24) is 4.90 Å². The van der Waals surface area contributed by atoms with Gasteiger partial charge in [0, 0.05) is 17.5 Å². The van der Waals surface area contributed by atoms with Gasteiger partial charge in [-0.3, -0.25) is 4.79 Å². The second kappa shape index (κ2) is 5.65. The molecule has 1 amide bonds. The summed E-state index contributed by atoms with van der Waals surface area (Å²) < 4.78 is 0. The third-order valence-electron chi connectivity index (χ3n) is 2.73. The van der Waals surface area contributed by atoms with E-state index in [-0.39, 0.29) is 10.9 Å². The predicted octanol–water partition coefficient (Wildman–Crippen LogP) is 1.74. The van der Waals surface area contributed by atoms with E-state index in [1.54, 1.807) is 11.0 Å². The summed E-state index contributed by atoms with van der Waals surface area (Å²) in [4.78, 5) is 15.2. The Morgan fingerprint density at radius 3 is 3.17 bits per heavy atom. The number of fused-ring (bicyclic) bond motifs is 1. The molecule has 1 aromatic heterocycles. The average Bonchev–Trinajstić information content (AvgIpc) is 2.77. The first-order valence-electron chi connectivity index (χ1n) is 5.48. The van der Waals surface area contributed by atoms with Crippen molar-refractivity contribution in [3.8, 4) is 6.07 Å². The average molecular weight is 326 g/mol. The summed E-state index contributed by atoms with van der Waals surface area (Å²) in [5, 5.41) is 8.86. The van der Waals surface area contributed by atoms with Gasteiger partial charge in [-0.25, -0.2) is 0 Å². The van der Waals surface area contributed by atoms with E-state index in [4.69, 9.17) is 11.0 Å². The first-order valence-corrected chi connectivity index (χ1v) is 7.22. The van der Waals surface area contributed by atoms with Crippen molar-refractivity contribution >= 4 is 33.2 Å². The molecular formula is C12H12BrN3OS. The Hall–Kier alpha value is -1.16. The van der Waals surface area contributed by atoms with E-state index in [1.807, 2.05) is 6.07 Å². The molecule has 1 aliphatic heterocycles. The number of hydrogen-bond acceptors (Lipinski definition) is 4. The fraction of sp³-hybridized carbons (Fsp3) is 0.333. The first kappa shape index (κ1) is 13.3. The summed E-state index contributed by atoms with van der Waals surface area (Å²) in [7, 11) is 0.